The van der Waals surface area contributed by atoms with Crippen LogP contribution < -0.4 is 10.1 Å². The molecule has 0 amide bonds. The Hall–Kier alpha value is -1.00. The lowest BCUT2D eigenvalue weighted by atomic mass is 9.97. The maximum Gasteiger partial charge on any atom is 0.176 e. The molecule has 1 saturated heterocycles. The second-order valence-electron chi connectivity index (χ2n) is 4.34. The predicted molar refractivity (Wildman–Crippen MR) is 70.7 cm³/mol. The van der Waals surface area contributed by atoms with Crippen molar-refractivity contribution in [1.82, 2.24) is 5.32 Å². The van der Waals surface area contributed by atoms with E-state index in [9.17, 15) is 0 Å². The first-order valence-corrected chi connectivity index (χ1v) is 6.55. The van der Waals surface area contributed by atoms with Crippen LogP contribution in [0.3, 0.4) is 0 Å². The average molecular weight is 296 g/mol. The summed E-state index contributed by atoms with van der Waals surface area (Å²) in [6.45, 7) is 2.12. The number of benzene rings is 1. The van der Waals surface area contributed by atoms with Crippen molar-refractivity contribution < 1.29 is 9.15 Å². The molecule has 4 heteroatoms. The Kier molecular flexibility index (Phi) is 2.84. The minimum Gasteiger partial charge on any atom is -0.493 e. The summed E-state index contributed by atoms with van der Waals surface area (Å²) < 4.78 is 12.0. The van der Waals surface area contributed by atoms with E-state index in [0.717, 1.165) is 34.3 Å². The van der Waals surface area contributed by atoms with E-state index < -0.39 is 0 Å². The van der Waals surface area contributed by atoms with E-state index in [1.807, 2.05) is 6.07 Å². The van der Waals surface area contributed by atoms with Gasteiger partial charge in [0.25, 0.3) is 0 Å². The third-order valence-electron chi connectivity index (χ3n) is 3.39. The van der Waals surface area contributed by atoms with Gasteiger partial charge in [0, 0.05) is 16.4 Å². The number of methoxy groups -OCH3 is 1. The van der Waals surface area contributed by atoms with Gasteiger partial charge in [-0.1, -0.05) is 0 Å². The summed E-state index contributed by atoms with van der Waals surface area (Å²) in [7, 11) is 1.68. The third-order valence-corrected chi connectivity index (χ3v) is 4.27. The van der Waals surface area contributed by atoms with Gasteiger partial charge in [0.2, 0.25) is 0 Å². The molecular weight excluding hydrogens is 282 g/mol. The summed E-state index contributed by atoms with van der Waals surface area (Å²) in [6.07, 6.45) is 2.87. The lowest BCUT2D eigenvalue weighted by molar-refractivity contribution is 0.409. The fourth-order valence-electron chi connectivity index (χ4n) is 2.47. The van der Waals surface area contributed by atoms with Crippen LogP contribution in [0.15, 0.2) is 27.3 Å². The van der Waals surface area contributed by atoms with E-state index in [1.54, 1.807) is 13.4 Å². The molecule has 3 rings (SSSR count). The molecule has 1 atom stereocenters. The van der Waals surface area contributed by atoms with Gasteiger partial charge in [-0.2, -0.15) is 0 Å². The zero-order valence-electron chi connectivity index (χ0n) is 9.63. The first-order valence-electron chi connectivity index (χ1n) is 5.75. The maximum absolute atomic E-state index is 5.47. The summed E-state index contributed by atoms with van der Waals surface area (Å²) in [5.74, 6) is 1.37. The minimum absolute atomic E-state index is 0.553. The predicted octanol–water partition coefficient (Wildman–Crippen LogP) is 3.28. The summed E-state index contributed by atoms with van der Waals surface area (Å²) in [5.41, 5.74) is 2.12. The molecule has 17 heavy (non-hydrogen) atoms. The van der Waals surface area contributed by atoms with Crippen molar-refractivity contribution in [2.45, 2.75) is 12.3 Å². The van der Waals surface area contributed by atoms with Gasteiger partial charge in [-0.05, 0) is 52.5 Å². The average Bonchev–Trinajstić information content (AvgIpc) is 3.00. The summed E-state index contributed by atoms with van der Waals surface area (Å²) in [4.78, 5) is 0. The van der Waals surface area contributed by atoms with Crippen molar-refractivity contribution in [2.75, 3.05) is 20.2 Å². The van der Waals surface area contributed by atoms with Crippen LogP contribution in [0.4, 0.5) is 0 Å². The van der Waals surface area contributed by atoms with Crippen LogP contribution in [-0.4, -0.2) is 20.2 Å². The highest BCUT2D eigenvalue weighted by Crippen LogP contribution is 2.40. The van der Waals surface area contributed by atoms with Crippen molar-refractivity contribution in [1.29, 1.82) is 0 Å². The molecule has 0 spiro atoms. The number of ether oxygens (including phenoxy) is 1. The van der Waals surface area contributed by atoms with Gasteiger partial charge < -0.3 is 14.5 Å². The molecule has 1 aromatic carbocycles. The van der Waals surface area contributed by atoms with Crippen LogP contribution in [0.2, 0.25) is 0 Å². The van der Waals surface area contributed by atoms with Crippen molar-refractivity contribution in [3.8, 4) is 5.75 Å². The van der Waals surface area contributed by atoms with Crippen molar-refractivity contribution >= 4 is 26.9 Å². The summed E-state index contributed by atoms with van der Waals surface area (Å²) in [6, 6.07) is 4.07. The SMILES string of the molecule is COc1cc(C2CCNC2)c(Br)c2ccoc12. The van der Waals surface area contributed by atoms with E-state index in [-0.39, 0.29) is 0 Å². The minimum atomic E-state index is 0.553. The molecule has 1 N–H and O–H groups in total. The smallest absolute Gasteiger partial charge is 0.176 e. The standard InChI is InChI=1S/C13H14BrNO2/c1-16-11-6-10(8-2-4-15-7-8)12(14)9-3-5-17-13(9)11/h3,5-6,8,15H,2,4,7H2,1H3. The molecule has 1 fully saturated rings. The lowest BCUT2D eigenvalue weighted by Crippen LogP contribution is -2.08. The Morgan fingerprint density at radius 2 is 2.41 bits per heavy atom. The fourth-order valence-corrected chi connectivity index (χ4v) is 3.22. The van der Waals surface area contributed by atoms with Gasteiger partial charge in [-0.15, -0.1) is 0 Å². The maximum atomic E-state index is 5.47. The number of furan rings is 1. The summed E-state index contributed by atoms with van der Waals surface area (Å²) >= 11 is 3.69. The van der Waals surface area contributed by atoms with Gasteiger partial charge >= 0.3 is 0 Å². The van der Waals surface area contributed by atoms with E-state index >= 15 is 0 Å². The zero-order valence-corrected chi connectivity index (χ0v) is 11.2. The molecule has 1 aliphatic heterocycles. The molecule has 0 bridgehead atoms. The Balaban J connectivity index is 2.20. The molecule has 0 saturated carbocycles. The van der Waals surface area contributed by atoms with Gasteiger partial charge in [0.15, 0.2) is 11.3 Å². The zero-order chi connectivity index (χ0) is 11.8. The topological polar surface area (TPSA) is 34.4 Å². The monoisotopic (exact) mass is 295 g/mol. The number of nitrogens with one attached hydrogen (secondary N) is 1. The van der Waals surface area contributed by atoms with Gasteiger partial charge in [-0.3, -0.25) is 0 Å². The van der Waals surface area contributed by atoms with Crippen LogP contribution >= 0.6 is 15.9 Å². The van der Waals surface area contributed by atoms with Crippen LogP contribution in [0.5, 0.6) is 5.75 Å². The molecule has 2 aromatic rings. The number of halogens is 1. The van der Waals surface area contributed by atoms with Crippen LogP contribution in [0.1, 0.15) is 17.9 Å². The molecule has 0 radical (unpaired) electrons. The first kappa shape index (κ1) is 11.1. The Labute approximate surface area is 108 Å². The first-order chi connectivity index (χ1) is 8.31. The largest absolute Gasteiger partial charge is 0.493 e. The number of rotatable bonds is 2. The van der Waals surface area contributed by atoms with Crippen LogP contribution in [0, 0.1) is 0 Å². The van der Waals surface area contributed by atoms with Gasteiger partial charge in [-0.25, -0.2) is 0 Å². The second-order valence-corrected chi connectivity index (χ2v) is 5.13. The molecule has 1 unspecified atom stereocenters. The highest BCUT2D eigenvalue weighted by Gasteiger charge is 2.22. The van der Waals surface area contributed by atoms with Gasteiger partial charge in [0.05, 0.1) is 13.4 Å². The summed E-state index contributed by atoms with van der Waals surface area (Å²) in [5, 5.41) is 4.48. The van der Waals surface area contributed by atoms with E-state index in [0.29, 0.717) is 5.92 Å². The van der Waals surface area contributed by atoms with Gasteiger partial charge in [0.1, 0.15) is 0 Å². The van der Waals surface area contributed by atoms with Crippen LogP contribution in [0.25, 0.3) is 11.0 Å². The fraction of sp³-hybridized carbons (Fsp3) is 0.385. The number of fused-ring (bicyclic) bond motifs is 1. The quantitative estimate of drug-likeness (QED) is 0.923. The molecule has 1 aromatic heterocycles. The Morgan fingerprint density at radius 3 is 3.12 bits per heavy atom. The third kappa shape index (κ3) is 1.76. The molecule has 0 aliphatic carbocycles. The van der Waals surface area contributed by atoms with Crippen molar-refractivity contribution in [3.63, 3.8) is 0 Å². The Bertz CT molecular complexity index is 544. The molecule has 1 aliphatic rings. The molecule has 3 nitrogen and oxygen atoms in total. The Morgan fingerprint density at radius 1 is 1.53 bits per heavy atom. The highest BCUT2D eigenvalue weighted by atomic mass is 79.9. The second kappa shape index (κ2) is 4.35. The molecule has 90 valence electrons. The van der Waals surface area contributed by atoms with E-state index in [2.05, 4.69) is 27.3 Å². The number of hydrogen-bond donors (Lipinski definition) is 1. The van der Waals surface area contributed by atoms with E-state index in [4.69, 9.17) is 9.15 Å². The van der Waals surface area contributed by atoms with Crippen molar-refractivity contribution in [2.24, 2.45) is 0 Å². The molecule has 2 heterocycles. The van der Waals surface area contributed by atoms with Crippen LogP contribution in [-0.2, 0) is 0 Å². The lowest BCUT2D eigenvalue weighted by Gasteiger charge is -2.14. The molecular formula is C13H14BrNO2. The normalized spacial score (nSPS) is 20.0. The van der Waals surface area contributed by atoms with Crippen molar-refractivity contribution in [3.05, 3.63) is 28.4 Å². The number of hydrogen-bond acceptors (Lipinski definition) is 3. The highest BCUT2D eigenvalue weighted by molar-refractivity contribution is 9.10. The van der Waals surface area contributed by atoms with E-state index in [1.165, 1.54) is 12.0 Å².